The number of hydrogen-bond donors (Lipinski definition) is 1. The number of aliphatic carboxylic acids is 1. The number of anilines is 1. The topological polar surface area (TPSA) is 75.1 Å². The Bertz CT molecular complexity index is 1570. The second-order valence-electron chi connectivity index (χ2n) is 14.5. The summed E-state index contributed by atoms with van der Waals surface area (Å²) in [5.74, 6) is -0.854. The highest BCUT2D eigenvalue weighted by atomic mass is 19.3. The van der Waals surface area contributed by atoms with E-state index in [-0.39, 0.29) is 11.2 Å². The predicted molar refractivity (Wildman–Crippen MR) is 176 cm³/mol. The maximum Gasteiger partial charge on any atom is 0.387 e. The van der Waals surface area contributed by atoms with Crippen LogP contribution in [0.3, 0.4) is 0 Å². The van der Waals surface area contributed by atoms with E-state index in [1.54, 1.807) is 18.2 Å². The number of pyridine rings is 1. The molecule has 2 aromatic carbocycles. The summed E-state index contributed by atoms with van der Waals surface area (Å²) < 4.78 is 36.3. The summed E-state index contributed by atoms with van der Waals surface area (Å²) in [6.45, 7) is 15.1. The van der Waals surface area contributed by atoms with Crippen molar-refractivity contribution in [3.8, 4) is 16.9 Å². The van der Waals surface area contributed by atoms with Gasteiger partial charge < -0.3 is 19.5 Å². The number of aromatic nitrogens is 1. The van der Waals surface area contributed by atoms with Crippen molar-refractivity contribution in [2.45, 2.75) is 99.1 Å². The zero-order valence-corrected chi connectivity index (χ0v) is 28.1. The summed E-state index contributed by atoms with van der Waals surface area (Å²) in [4.78, 5) is 22.4. The van der Waals surface area contributed by atoms with Crippen LogP contribution in [0.5, 0.6) is 5.75 Å². The highest BCUT2D eigenvalue weighted by molar-refractivity contribution is 5.88. The van der Waals surface area contributed by atoms with E-state index in [1.807, 2.05) is 40.7 Å². The monoisotopic (exact) mass is 635 g/mol. The van der Waals surface area contributed by atoms with Crippen molar-refractivity contribution < 1.29 is 28.2 Å². The molecule has 0 aliphatic carbocycles. The molecule has 2 aliphatic heterocycles. The first-order valence-corrected chi connectivity index (χ1v) is 16.2. The lowest BCUT2D eigenvalue weighted by atomic mass is 9.81. The highest BCUT2D eigenvalue weighted by Gasteiger charge is 2.36. The van der Waals surface area contributed by atoms with E-state index >= 15 is 0 Å². The standard InChI is InChI=1S/C37H47F2N3O4/c1-23-30(27-11-12-28-22-41(16-13-26(28)20-27)21-25-9-8-10-29(19-25)45-35(38)39)32(42-17-14-37(6,7)15-18-42)31(24(2)40-23)33(34(43)44)46-36(3,4)5/h8-12,19-20,33,35H,13-18,21-22H2,1-7H3,(H,43,44)/t33-/m0/s1. The van der Waals surface area contributed by atoms with E-state index in [9.17, 15) is 18.7 Å². The van der Waals surface area contributed by atoms with Gasteiger partial charge in [0.2, 0.25) is 0 Å². The molecule has 9 heteroatoms. The SMILES string of the molecule is Cc1nc(C)c([C@H](OC(C)(C)C)C(=O)O)c(N2CCC(C)(C)CC2)c1-c1ccc2c(c1)CCN(Cc1cccc(OC(F)F)c1)C2. The molecule has 248 valence electrons. The lowest BCUT2D eigenvalue weighted by molar-refractivity contribution is -0.160. The van der Waals surface area contributed by atoms with Crippen LogP contribution in [0, 0.1) is 19.3 Å². The number of aryl methyl sites for hydroxylation is 2. The summed E-state index contributed by atoms with van der Waals surface area (Å²) in [6.07, 6.45) is 1.68. The molecule has 1 atom stereocenters. The molecular weight excluding hydrogens is 588 g/mol. The first-order valence-electron chi connectivity index (χ1n) is 16.2. The minimum atomic E-state index is -2.85. The predicted octanol–water partition coefficient (Wildman–Crippen LogP) is 8.09. The number of carboxylic acid groups (broad SMARTS) is 1. The molecule has 1 aromatic heterocycles. The molecule has 7 nitrogen and oxygen atoms in total. The number of alkyl halides is 2. The van der Waals surface area contributed by atoms with Crippen molar-refractivity contribution in [2.75, 3.05) is 24.5 Å². The van der Waals surface area contributed by atoms with E-state index in [0.717, 1.165) is 73.5 Å². The first kappa shape index (κ1) is 33.8. The number of fused-ring (bicyclic) bond motifs is 1. The maximum absolute atomic E-state index is 12.8. The average Bonchev–Trinajstić information content (AvgIpc) is 2.95. The summed E-state index contributed by atoms with van der Waals surface area (Å²) in [5, 5.41) is 10.5. The van der Waals surface area contributed by atoms with E-state index in [2.05, 4.69) is 46.6 Å². The zero-order chi connectivity index (χ0) is 33.4. The van der Waals surface area contributed by atoms with E-state index in [0.29, 0.717) is 17.8 Å². The van der Waals surface area contributed by atoms with Crippen molar-refractivity contribution in [1.29, 1.82) is 0 Å². The number of nitrogens with zero attached hydrogens (tertiary/aromatic N) is 3. The van der Waals surface area contributed by atoms with Crippen molar-refractivity contribution in [2.24, 2.45) is 5.41 Å². The third-order valence-electron chi connectivity index (χ3n) is 9.09. The normalized spacial score (nSPS) is 17.6. The second-order valence-corrected chi connectivity index (χ2v) is 14.5. The van der Waals surface area contributed by atoms with Crippen molar-refractivity contribution in [1.82, 2.24) is 9.88 Å². The van der Waals surface area contributed by atoms with Gasteiger partial charge in [0.05, 0.1) is 11.3 Å². The van der Waals surface area contributed by atoms with Gasteiger partial charge in [0.1, 0.15) is 5.75 Å². The van der Waals surface area contributed by atoms with E-state index in [1.165, 1.54) is 11.1 Å². The van der Waals surface area contributed by atoms with E-state index < -0.39 is 24.3 Å². The Labute approximate surface area is 271 Å². The summed E-state index contributed by atoms with van der Waals surface area (Å²) in [5.41, 5.74) is 8.01. The molecule has 1 N–H and O–H groups in total. The fourth-order valence-corrected chi connectivity index (χ4v) is 6.74. The molecule has 0 amide bonds. The molecule has 46 heavy (non-hydrogen) atoms. The number of rotatable bonds is 9. The van der Waals surface area contributed by atoms with Crippen LogP contribution in [0.2, 0.25) is 0 Å². The fraction of sp³-hybridized carbons (Fsp3) is 0.514. The number of halogens is 2. The van der Waals surface area contributed by atoms with Crippen LogP contribution >= 0.6 is 0 Å². The number of carboxylic acids is 1. The van der Waals surface area contributed by atoms with Gasteiger partial charge in [-0.2, -0.15) is 8.78 Å². The van der Waals surface area contributed by atoms with Crippen molar-refractivity contribution in [3.63, 3.8) is 0 Å². The molecule has 5 rings (SSSR count). The minimum absolute atomic E-state index is 0.169. The molecule has 0 spiro atoms. The van der Waals surface area contributed by atoms with Crippen LogP contribution in [0.15, 0.2) is 42.5 Å². The fourth-order valence-electron chi connectivity index (χ4n) is 6.74. The largest absolute Gasteiger partial charge is 0.479 e. The molecule has 0 radical (unpaired) electrons. The number of benzene rings is 2. The lowest BCUT2D eigenvalue weighted by Crippen LogP contribution is -2.39. The van der Waals surface area contributed by atoms with Crippen LogP contribution in [0.1, 0.15) is 87.2 Å². The van der Waals surface area contributed by atoms with Crippen LogP contribution in [0.4, 0.5) is 14.5 Å². The van der Waals surface area contributed by atoms with Gasteiger partial charge in [-0.3, -0.25) is 9.88 Å². The van der Waals surface area contributed by atoms with Crippen molar-refractivity contribution in [3.05, 3.63) is 76.1 Å². The van der Waals surface area contributed by atoms with Gasteiger partial charge in [0.15, 0.2) is 6.10 Å². The number of hydrogen-bond acceptors (Lipinski definition) is 6. The Kier molecular flexibility index (Phi) is 9.76. The molecule has 0 saturated carbocycles. The smallest absolute Gasteiger partial charge is 0.387 e. The van der Waals surface area contributed by atoms with Crippen LogP contribution in [-0.2, 0) is 29.0 Å². The zero-order valence-electron chi connectivity index (χ0n) is 28.1. The maximum atomic E-state index is 12.8. The molecule has 1 fully saturated rings. The van der Waals surface area contributed by atoms with Gasteiger partial charge in [-0.15, -0.1) is 0 Å². The molecular formula is C37H47F2N3O4. The Hall–Kier alpha value is -3.56. The third-order valence-corrected chi connectivity index (χ3v) is 9.09. The highest BCUT2D eigenvalue weighted by Crippen LogP contribution is 2.45. The molecule has 1 saturated heterocycles. The molecule has 3 heterocycles. The quantitative estimate of drug-likeness (QED) is 0.255. The number of piperidine rings is 1. The molecule has 0 unspecified atom stereocenters. The van der Waals surface area contributed by atoms with Gasteiger partial charge >= 0.3 is 12.6 Å². The average molecular weight is 636 g/mol. The van der Waals surface area contributed by atoms with Gasteiger partial charge in [-0.25, -0.2) is 4.79 Å². The van der Waals surface area contributed by atoms with Gasteiger partial charge in [-0.05, 0) is 93.7 Å². The van der Waals surface area contributed by atoms with Crippen molar-refractivity contribution >= 4 is 11.7 Å². The van der Waals surface area contributed by atoms with Gasteiger partial charge in [-0.1, -0.05) is 44.2 Å². The summed E-state index contributed by atoms with van der Waals surface area (Å²) >= 11 is 0. The van der Waals surface area contributed by atoms with E-state index in [4.69, 9.17) is 9.72 Å². The molecule has 0 bridgehead atoms. The molecule has 3 aromatic rings. The minimum Gasteiger partial charge on any atom is -0.479 e. The Morgan fingerprint density at radius 3 is 2.39 bits per heavy atom. The van der Waals surface area contributed by atoms with Crippen LogP contribution < -0.4 is 9.64 Å². The van der Waals surface area contributed by atoms with Gasteiger partial charge in [0.25, 0.3) is 0 Å². The lowest BCUT2D eigenvalue weighted by Gasteiger charge is -2.41. The Morgan fingerprint density at radius 2 is 1.74 bits per heavy atom. The first-order chi connectivity index (χ1) is 21.6. The Balaban J connectivity index is 1.52. The summed E-state index contributed by atoms with van der Waals surface area (Å²) in [7, 11) is 0. The second kappa shape index (κ2) is 13.3. The Morgan fingerprint density at radius 1 is 1.02 bits per heavy atom. The third kappa shape index (κ3) is 7.86. The van der Waals surface area contributed by atoms with Crippen LogP contribution in [-0.4, -0.2) is 52.8 Å². The van der Waals surface area contributed by atoms with Crippen LogP contribution in [0.25, 0.3) is 11.1 Å². The number of carbonyl (C=O) groups is 1. The number of ether oxygens (including phenoxy) is 2. The molecule has 2 aliphatic rings. The summed E-state index contributed by atoms with van der Waals surface area (Å²) in [6, 6.07) is 13.4. The van der Waals surface area contributed by atoms with Gasteiger partial charge in [0, 0.05) is 55.2 Å².